The smallest absolute Gasteiger partial charge is 0.137 e. The molecule has 2 aromatic rings. The highest BCUT2D eigenvalue weighted by atomic mass is 79.9. The number of nitrogens with zero attached hydrogens (tertiary/aromatic N) is 1. The molecule has 0 saturated carbocycles. The fourth-order valence-electron chi connectivity index (χ4n) is 2.19. The number of hydrogen-bond donors (Lipinski definition) is 1. The van der Waals surface area contributed by atoms with E-state index in [1.165, 1.54) is 6.07 Å². The first-order valence-corrected chi connectivity index (χ1v) is 7.71. The Bertz CT molecular complexity index is 607. The number of nitrogens with one attached hydrogen (secondary N) is 1. The molecule has 2 rings (SSSR count). The number of pyridine rings is 1. The van der Waals surface area contributed by atoms with Crippen LogP contribution in [-0.4, -0.2) is 18.1 Å². The molecule has 0 amide bonds. The zero-order valence-electron chi connectivity index (χ0n) is 12.1. The van der Waals surface area contributed by atoms with E-state index in [4.69, 9.17) is 4.74 Å². The Morgan fingerprint density at radius 1 is 1.33 bits per heavy atom. The Hall–Kier alpha value is -1.46. The van der Waals surface area contributed by atoms with Crippen LogP contribution in [0.2, 0.25) is 0 Å². The first-order valence-electron chi connectivity index (χ1n) is 6.92. The fraction of sp³-hybridized carbons (Fsp3) is 0.312. The Kier molecular flexibility index (Phi) is 5.70. The lowest BCUT2D eigenvalue weighted by Gasteiger charge is -2.20. The highest BCUT2D eigenvalue weighted by molar-refractivity contribution is 9.10. The molecule has 0 aliphatic heterocycles. The van der Waals surface area contributed by atoms with Gasteiger partial charge in [0, 0.05) is 6.20 Å². The third-order valence-corrected chi connectivity index (χ3v) is 3.92. The van der Waals surface area contributed by atoms with Gasteiger partial charge in [0.2, 0.25) is 0 Å². The summed E-state index contributed by atoms with van der Waals surface area (Å²) in [6, 6.07) is 6.83. The first-order chi connectivity index (χ1) is 10.2. The second-order valence-electron chi connectivity index (χ2n) is 4.52. The maximum atomic E-state index is 13.8. The van der Waals surface area contributed by atoms with Gasteiger partial charge in [-0.15, -0.1) is 0 Å². The molecule has 0 radical (unpaired) electrons. The van der Waals surface area contributed by atoms with Crippen LogP contribution in [-0.2, 0) is 0 Å². The third kappa shape index (κ3) is 3.80. The standard InChI is InChI=1S/C16H18BrFN2O/c1-3-20-16(13-6-5-7-14(18)15(13)17)11-8-12(21-4-2)10-19-9-11/h5-10,16,20H,3-4H2,1-2H3. The van der Waals surface area contributed by atoms with Crippen molar-refractivity contribution in [1.82, 2.24) is 10.3 Å². The third-order valence-electron chi connectivity index (χ3n) is 3.08. The van der Waals surface area contributed by atoms with Crippen LogP contribution < -0.4 is 10.1 Å². The SMILES string of the molecule is CCNC(c1cncc(OCC)c1)c1cccc(F)c1Br. The molecule has 3 nitrogen and oxygen atoms in total. The highest BCUT2D eigenvalue weighted by Crippen LogP contribution is 2.31. The van der Waals surface area contributed by atoms with Gasteiger partial charge in [-0.05, 0) is 52.7 Å². The number of benzene rings is 1. The molecule has 112 valence electrons. The lowest BCUT2D eigenvalue weighted by atomic mass is 10.00. The van der Waals surface area contributed by atoms with Crippen molar-refractivity contribution in [3.05, 3.63) is 58.1 Å². The average molecular weight is 353 g/mol. The Morgan fingerprint density at radius 2 is 2.14 bits per heavy atom. The molecule has 0 fully saturated rings. The van der Waals surface area contributed by atoms with Crippen molar-refractivity contribution >= 4 is 15.9 Å². The van der Waals surface area contributed by atoms with Crippen molar-refractivity contribution in [2.24, 2.45) is 0 Å². The van der Waals surface area contributed by atoms with Gasteiger partial charge in [-0.1, -0.05) is 19.1 Å². The van der Waals surface area contributed by atoms with Crippen molar-refractivity contribution in [3.8, 4) is 5.75 Å². The molecule has 1 unspecified atom stereocenters. The summed E-state index contributed by atoms with van der Waals surface area (Å²) >= 11 is 3.33. The van der Waals surface area contributed by atoms with Gasteiger partial charge in [-0.2, -0.15) is 0 Å². The molecule has 1 aromatic carbocycles. The van der Waals surface area contributed by atoms with Crippen LogP contribution in [0.1, 0.15) is 31.0 Å². The van der Waals surface area contributed by atoms with E-state index in [0.717, 1.165) is 17.7 Å². The van der Waals surface area contributed by atoms with E-state index in [-0.39, 0.29) is 11.9 Å². The quantitative estimate of drug-likeness (QED) is 0.850. The van der Waals surface area contributed by atoms with Crippen LogP contribution >= 0.6 is 15.9 Å². The van der Waals surface area contributed by atoms with Gasteiger partial charge < -0.3 is 10.1 Å². The second kappa shape index (κ2) is 7.52. The highest BCUT2D eigenvalue weighted by Gasteiger charge is 2.18. The summed E-state index contributed by atoms with van der Waals surface area (Å²) < 4.78 is 19.7. The van der Waals surface area contributed by atoms with Crippen LogP contribution in [0, 0.1) is 5.82 Å². The van der Waals surface area contributed by atoms with Crippen LogP contribution in [0.3, 0.4) is 0 Å². The summed E-state index contributed by atoms with van der Waals surface area (Å²) in [4.78, 5) is 4.21. The van der Waals surface area contributed by atoms with E-state index in [2.05, 4.69) is 26.2 Å². The molecule has 0 saturated heterocycles. The van der Waals surface area contributed by atoms with Crippen molar-refractivity contribution in [1.29, 1.82) is 0 Å². The maximum absolute atomic E-state index is 13.8. The maximum Gasteiger partial charge on any atom is 0.137 e. The first kappa shape index (κ1) is 15.9. The Morgan fingerprint density at radius 3 is 2.86 bits per heavy atom. The van der Waals surface area contributed by atoms with Crippen LogP contribution in [0.4, 0.5) is 4.39 Å². The Labute approximate surface area is 132 Å². The van der Waals surface area contributed by atoms with Gasteiger partial charge in [0.25, 0.3) is 0 Å². The van der Waals surface area contributed by atoms with Crippen LogP contribution in [0.25, 0.3) is 0 Å². The average Bonchev–Trinajstić information content (AvgIpc) is 2.49. The van der Waals surface area contributed by atoms with Crippen LogP contribution in [0.5, 0.6) is 5.75 Å². The summed E-state index contributed by atoms with van der Waals surface area (Å²) in [7, 11) is 0. The summed E-state index contributed by atoms with van der Waals surface area (Å²) in [6.45, 7) is 5.28. The molecule has 1 heterocycles. The van der Waals surface area contributed by atoms with Gasteiger partial charge in [0.05, 0.1) is 23.3 Å². The molecule has 0 aliphatic rings. The molecule has 1 aromatic heterocycles. The second-order valence-corrected chi connectivity index (χ2v) is 5.31. The lowest BCUT2D eigenvalue weighted by molar-refractivity contribution is 0.338. The van der Waals surface area contributed by atoms with Crippen molar-refractivity contribution in [2.45, 2.75) is 19.9 Å². The van der Waals surface area contributed by atoms with E-state index < -0.39 is 0 Å². The number of halogens is 2. The van der Waals surface area contributed by atoms with Crippen molar-refractivity contribution in [3.63, 3.8) is 0 Å². The zero-order valence-corrected chi connectivity index (χ0v) is 13.7. The van der Waals surface area contributed by atoms with Gasteiger partial charge in [-0.3, -0.25) is 4.98 Å². The molecule has 5 heteroatoms. The van der Waals surface area contributed by atoms with E-state index in [1.807, 2.05) is 26.0 Å². The predicted molar refractivity (Wildman–Crippen MR) is 85.0 cm³/mol. The largest absolute Gasteiger partial charge is 0.492 e. The van der Waals surface area contributed by atoms with E-state index in [1.54, 1.807) is 18.5 Å². The van der Waals surface area contributed by atoms with Crippen molar-refractivity contribution < 1.29 is 9.13 Å². The molecular formula is C16H18BrFN2O. The minimum atomic E-state index is -0.274. The molecule has 1 N–H and O–H groups in total. The van der Waals surface area contributed by atoms with E-state index in [0.29, 0.717) is 16.8 Å². The van der Waals surface area contributed by atoms with Gasteiger partial charge in [0.1, 0.15) is 11.6 Å². The summed E-state index contributed by atoms with van der Waals surface area (Å²) in [6.07, 6.45) is 3.45. The molecule has 1 atom stereocenters. The number of aromatic nitrogens is 1. The number of rotatable bonds is 6. The summed E-state index contributed by atoms with van der Waals surface area (Å²) in [5.41, 5.74) is 1.78. The van der Waals surface area contributed by atoms with Gasteiger partial charge in [0.15, 0.2) is 0 Å². The molecule has 21 heavy (non-hydrogen) atoms. The fourth-order valence-corrected chi connectivity index (χ4v) is 2.69. The normalized spacial score (nSPS) is 12.2. The summed E-state index contributed by atoms with van der Waals surface area (Å²) in [5.74, 6) is 0.440. The zero-order chi connectivity index (χ0) is 15.2. The molecule has 0 bridgehead atoms. The van der Waals surface area contributed by atoms with Gasteiger partial charge >= 0.3 is 0 Å². The van der Waals surface area contributed by atoms with E-state index >= 15 is 0 Å². The van der Waals surface area contributed by atoms with Crippen LogP contribution in [0.15, 0.2) is 41.1 Å². The topological polar surface area (TPSA) is 34.2 Å². The predicted octanol–water partition coefficient (Wildman–Crippen LogP) is 4.08. The van der Waals surface area contributed by atoms with E-state index in [9.17, 15) is 4.39 Å². The Balaban J connectivity index is 2.43. The molecule has 0 spiro atoms. The number of hydrogen-bond acceptors (Lipinski definition) is 3. The van der Waals surface area contributed by atoms with Crippen molar-refractivity contribution in [2.75, 3.05) is 13.2 Å². The lowest BCUT2D eigenvalue weighted by Crippen LogP contribution is -2.22. The minimum Gasteiger partial charge on any atom is -0.492 e. The number of ether oxygens (including phenoxy) is 1. The molecule has 0 aliphatic carbocycles. The monoisotopic (exact) mass is 352 g/mol. The molecular weight excluding hydrogens is 335 g/mol. The van der Waals surface area contributed by atoms with Gasteiger partial charge in [-0.25, -0.2) is 4.39 Å². The summed E-state index contributed by atoms with van der Waals surface area (Å²) in [5, 5.41) is 3.36. The minimum absolute atomic E-state index is 0.145.